The van der Waals surface area contributed by atoms with Crippen molar-refractivity contribution in [3.8, 4) is 0 Å². The molecule has 0 aromatic rings. The van der Waals surface area contributed by atoms with Gasteiger partial charge in [-0.25, -0.2) is 9.13 Å². The molecule has 13 nitrogen and oxygen atoms in total. The number of phosphoric acid groups is 2. The summed E-state index contributed by atoms with van der Waals surface area (Å²) in [6, 6.07) is 0. The first-order valence-corrected chi connectivity index (χ1v) is 12.7. The Bertz CT molecular complexity index is 841. The number of rotatable bonds is 10. The Kier molecular flexibility index (Phi) is 8.85. The Hall–Kier alpha value is -1.11. The van der Waals surface area contributed by atoms with Crippen LogP contribution in [0, 0.1) is 0 Å². The molecule has 32 heavy (non-hydrogen) atoms. The number of carbonyl (C=O) groups excluding carboxylic acids is 1. The lowest BCUT2D eigenvalue weighted by Gasteiger charge is -2.32. The van der Waals surface area contributed by atoms with Crippen molar-refractivity contribution >= 4 is 21.6 Å². The zero-order valence-electron chi connectivity index (χ0n) is 18.3. The van der Waals surface area contributed by atoms with Crippen LogP contribution in [-0.4, -0.2) is 69.6 Å². The predicted molar refractivity (Wildman–Crippen MR) is 111 cm³/mol. The molecule has 1 fully saturated rings. The summed E-state index contributed by atoms with van der Waals surface area (Å²) in [4.78, 5) is 32.5. The third-order valence-corrected chi connectivity index (χ3v) is 6.43. The van der Waals surface area contributed by atoms with E-state index in [9.17, 15) is 28.8 Å². The third-order valence-electron chi connectivity index (χ3n) is 4.16. The van der Waals surface area contributed by atoms with Crippen LogP contribution in [0.3, 0.4) is 0 Å². The highest BCUT2D eigenvalue weighted by molar-refractivity contribution is 7.47. The van der Waals surface area contributed by atoms with Crippen molar-refractivity contribution in [3.63, 3.8) is 0 Å². The Labute approximate surface area is 186 Å². The molecular weight excluding hydrogens is 470 g/mol. The normalized spacial score (nSPS) is 28.2. The molecule has 0 aromatic heterocycles. The lowest BCUT2D eigenvalue weighted by atomic mass is 10.1. The second kappa shape index (κ2) is 10.4. The van der Waals surface area contributed by atoms with E-state index in [2.05, 4.69) is 16.4 Å². The largest absolute Gasteiger partial charge is 0.472 e. The van der Waals surface area contributed by atoms with Crippen LogP contribution in [-0.2, 0) is 36.8 Å². The van der Waals surface area contributed by atoms with Crippen molar-refractivity contribution < 1.29 is 51.6 Å². The second-order valence-corrected chi connectivity index (χ2v) is 11.0. The maximum Gasteiger partial charge on any atom is 0.472 e. The van der Waals surface area contributed by atoms with Gasteiger partial charge in [-0.3, -0.25) is 22.9 Å². The fourth-order valence-corrected chi connectivity index (χ4v) is 4.58. The number of aliphatic hydroxyl groups excluding tert-OH is 1. The first kappa shape index (κ1) is 27.1. The van der Waals surface area contributed by atoms with Gasteiger partial charge in [0.05, 0.1) is 31.5 Å². The minimum Gasteiger partial charge on any atom is -0.390 e. The molecule has 0 radical (unpaired) electrons. The number of amides is 1. The summed E-state index contributed by atoms with van der Waals surface area (Å²) >= 11 is 0. The molecule has 5 unspecified atom stereocenters. The van der Waals surface area contributed by atoms with E-state index in [1.165, 1.54) is 6.20 Å². The Morgan fingerprint density at radius 2 is 1.81 bits per heavy atom. The van der Waals surface area contributed by atoms with E-state index in [4.69, 9.17) is 18.3 Å². The van der Waals surface area contributed by atoms with Gasteiger partial charge in [0.15, 0.2) is 0 Å². The molecule has 2 aliphatic heterocycles. The molecular formula is C17H30N2O11P2. The Morgan fingerprint density at radius 1 is 1.22 bits per heavy atom. The monoisotopic (exact) mass is 500 g/mol. The van der Waals surface area contributed by atoms with Crippen molar-refractivity contribution in [2.24, 2.45) is 0 Å². The van der Waals surface area contributed by atoms with Crippen molar-refractivity contribution in [2.75, 3.05) is 19.8 Å². The van der Waals surface area contributed by atoms with Gasteiger partial charge < -0.3 is 29.8 Å². The zero-order chi connectivity index (χ0) is 24.3. The molecule has 2 rings (SSSR count). The number of hydrogen-bond acceptors (Lipinski definition) is 10. The number of nitrogens with one attached hydrogen (secondary N) is 1. The van der Waals surface area contributed by atoms with Crippen LogP contribution in [0.15, 0.2) is 24.2 Å². The first-order chi connectivity index (χ1) is 14.6. The first-order valence-electron chi connectivity index (χ1n) is 9.69. The number of aliphatic hydroxyl groups is 1. The van der Waals surface area contributed by atoms with Crippen LogP contribution in [0.1, 0.15) is 34.1 Å². The summed E-state index contributed by atoms with van der Waals surface area (Å²) in [6.07, 6.45) is -0.966. The number of phosphoric ester groups is 2. The molecule has 5 atom stereocenters. The minimum absolute atomic E-state index is 0.136. The van der Waals surface area contributed by atoms with E-state index >= 15 is 0 Å². The summed E-state index contributed by atoms with van der Waals surface area (Å²) in [5.74, 6) is -0.0262. The smallest absolute Gasteiger partial charge is 0.390 e. The van der Waals surface area contributed by atoms with Gasteiger partial charge in [0.25, 0.3) is 5.91 Å². The summed E-state index contributed by atoms with van der Waals surface area (Å²) in [7, 11) is -8.92. The summed E-state index contributed by atoms with van der Waals surface area (Å²) in [6.45, 7) is 8.52. The van der Waals surface area contributed by atoms with Crippen molar-refractivity contribution in [1.82, 2.24) is 10.2 Å². The SMILES string of the molecule is C=C1NC(=O)C(C)=CN1C1CC(O)C(COP(=O)(O)OCCOP(=O)(O)OC(C)(C)C)O1. The standard InChI is InChI=1S/C17H30N2O11P2/c1-11-9-19(12(2)18-16(11)21)15-8-13(20)14(29-15)10-28-31(22,23)26-6-7-27-32(24,25)30-17(3,4)5/h9,13-15,20H,2,6-8,10H2,1,3-5H3,(H,18,21)(H,22,23)(H,24,25). The van der Waals surface area contributed by atoms with Gasteiger partial charge in [0.2, 0.25) is 0 Å². The van der Waals surface area contributed by atoms with Gasteiger partial charge in [0, 0.05) is 18.2 Å². The van der Waals surface area contributed by atoms with Gasteiger partial charge >= 0.3 is 15.6 Å². The number of ether oxygens (including phenoxy) is 1. The highest BCUT2D eigenvalue weighted by Gasteiger charge is 2.40. The molecule has 0 spiro atoms. The van der Waals surface area contributed by atoms with Crippen LogP contribution >= 0.6 is 15.6 Å². The number of carbonyl (C=O) groups is 1. The van der Waals surface area contributed by atoms with Gasteiger partial charge in [0.1, 0.15) is 18.2 Å². The molecule has 1 amide bonds. The molecule has 0 aromatic carbocycles. The van der Waals surface area contributed by atoms with E-state index in [0.717, 1.165) is 0 Å². The number of hydrogen-bond donors (Lipinski definition) is 4. The molecule has 15 heteroatoms. The maximum atomic E-state index is 12.0. The number of nitrogens with zero attached hydrogens (tertiary/aromatic N) is 1. The predicted octanol–water partition coefficient (Wildman–Crippen LogP) is 1.33. The van der Waals surface area contributed by atoms with Crippen LogP contribution in [0.25, 0.3) is 0 Å². The average molecular weight is 500 g/mol. The molecule has 184 valence electrons. The fourth-order valence-electron chi connectivity index (χ4n) is 2.81. The van der Waals surface area contributed by atoms with Gasteiger partial charge in [-0.15, -0.1) is 0 Å². The van der Waals surface area contributed by atoms with Gasteiger partial charge in [-0.05, 0) is 27.7 Å². The zero-order valence-corrected chi connectivity index (χ0v) is 20.1. The van der Waals surface area contributed by atoms with Gasteiger partial charge in [-0.1, -0.05) is 6.58 Å². The van der Waals surface area contributed by atoms with Crippen LogP contribution in [0.4, 0.5) is 0 Å². The Morgan fingerprint density at radius 3 is 2.41 bits per heavy atom. The fraction of sp³-hybridized carbons (Fsp3) is 0.706. The highest BCUT2D eigenvalue weighted by atomic mass is 31.2. The van der Waals surface area contributed by atoms with Crippen molar-refractivity contribution in [2.45, 2.75) is 58.2 Å². The average Bonchev–Trinajstić information content (AvgIpc) is 2.99. The Balaban J connectivity index is 1.79. The summed E-state index contributed by atoms with van der Waals surface area (Å²) < 4.78 is 48.5. The molecule has 4 N–H and O–H groups in total. The maximum absolute atomic E-state index is 12.0. The van der Waals surface area contributed by atoms with E-state index < -0.39 is 59.5 Å². The minimum atomic E-state index is -4.56. The molecule has 0 bridgehead atoms. The second-order valence-electron chi connectivity index (χ2n) is 8.16. The van der Waals surface area contributed by atoms with Gasteiger partial charge in [-0.2, -0.15) is 0 Å². The van der Waals surface area contributed by atoms with Crippen LogP contribution in [0.5, 0.6) is 0 Å². The molecule has 0 aliphatic carbocycles. The lowest BCUT2D eigenvalue weighted by molar-refractivity contribution is -0.118. The highest BCUT2D eigenvalue weighted by Crippen LogP contribution is 2.48. The molecule has 2 aliphatic rings. The topological polar surface area (TPSA) is 173 Å². The molecule has 1 saturated heterocycles. The van der Waals surface area contributed by atoms with Crippen molar-refractivity contribution in [3.05, 3.63) is 24.2 Å². The van der Waals surface area contributed by atoms with Crippen LogP contribution in [0.2, 0.25) is 0 Å². The summed E-state index contributed by atoms with van der Waals surface area (Å²) in [5, 5.41) is 12.8. The van der Waals surface area contributed by atoms with E-state index in [1.807, 2.05) is 0 Å². The van der Waals surface area contributed by atoms with E-state index in [0.29, 0.717) is 5.57 Å². The van der Waals surface area contributed by atoms with Crippen molar-refractivity contribution in [1.29, 1.82) is 0 Å². The molecule has 0 saturated carbocycles. The van der Waals surface area contributed by atoms with E-state index in [-0.39, 0.29) is 18.1 Å². The third kappa shape index (κ3) is 8.35. The van der Waals surface area contributed by atoms with Crippen LogP contribution < -0.4 is 5.32 Å². The lowest BCUT2D eigenvalue weighted by Crippen LogP contribution is -2.42. The molecule has 2 heterocycles. The van der Waals surface area contributed by atoms with E-state index in [1.54, 1.807) is 32.6 Å². The summed E-state index contributed by atoms with van der Waals surface area (Å²) in [5.41, 5.74) is -0.507. The quantitative estimate of drug-likeness (QED) is 0.251.